The van der Waals surface area contributed by atoms with Gasteiger partial charge in [-0.3, -0.25) is 0 Å². The van der Waals surface area contributed by atoms with E-state index < -0.39 is 0 Å². The van der Waals surface area contributed by atoms with Crippen LogP contribution in [0.2, 0.25) is 0 Å². The third kappa shape index (κ3) is 1.23. The van der Waals surface area contributed by atoms with Crippen LogP contribution in [0.1, 0.15) is 0 Å². The van der Waals surface area contributed by atoms with E-state index in [1.54, 1.807) is 17.5 Å². The monoisotopic (exact) mass is 291 g/mol. The lowest BCUT2D eigenvalue weighted by atomic mass is 10.3. The molecule has 0 saturated heterocycles. The number of nitrogens with zero attached hydrogens (tertiary/aromatic N) is 1. The molecule has 0 unspecified atom stereocenters. The van der Waals surface area contributed by atoms with Gasteiger partial charge in [-0.25, -0.2) is 4.98 Å². The minimum absolute atomic E-state index is 0.922. The third-order valence-electron chi connectivity index (χ3n) is 1.40. The molecule has 0 aliphatic heterocycles. The predicted octanol–water partition coefficient (Wildman–Crippen LogP) is 3.82. The number of thiophene rings is 1. The van der Waals surface area contributed by atoms with Gasteiger partial charge in [0, 0.05) is 16.1 Å². The summed E-state index contributed by atoms with van der Waals surface area (Å²) in [5, 5.41) is 3.28. The minimum Gasteiger partial charge on any atom is -0.247 e. The van der Waals surface area contributed by atoms with Gasteiger partial charge < -0.3 is 0 Å². The van der Waals surface area contributed by atoms with Crippen LogP contribution in [0.5, 0.6) is 0 Å². The quantitative estimate of drug-likeness (QED) is 0.673. The Morgan fingerprint density at radius 1 is 1.36 bits per heavy atom. The molecule has 4 heteroatoms. The van der Waals surface area contributed by atoms with Crippen molar-refractivity contribution in [1.29, 1.82) is 0 Å². The molecule has 0 saturated carbocycles. The Labute approximate surface area is 84.7 Å². The maximum atomic E-state index is 4.16. The molecule has 0 fully saturated rings. The standard InChI is InChI=1S/C7H3Br2NS/c8-5-3-10-7(9)6-4(5)1-2-11-6/h1-3H. The van der Waals surface area contributed by atoms with Crippen LogP contribution in [0.15, 0.2) is 26.7 Å². The van der Waals surface area contributed by atoms with E-state index in [1.165, 1.54) is 10.1 Å². The first-order valence-electron chi connectivity index (χ1n) is 2.96. The molecule has 56 valence electrons. The Hall–Kier alpha value is 0.0700. The Bertz CT molecular complexity index is 360. The van der Waals surface area contributed by atoms with Crippen molar-refractivity contribution in [1.82, 2.24) is 4.98 Å². The SMILES string of the molecule is Brc1cnc(Br)c2sccc12. The highest BCUT2D eigenvalue weighted by atomic mass is 79.9. The van der Waals surface area contributed by atoms with E-state index in [0.717, 1.165) is 9.08 Å². The maximum Gasteiger partial charge on any atom is 0.123 e. The first-order valence-corrected chi connectivity index (χ1v) is 5.43. The van der Waals surface area contributed by atoms with Crippen LogP contribution in [-0.2, 0) is 0 Å². The average Bonchev–Trinajstić information content (AvgIpc) is 2.45. The molecule has 0 aliphatic carbocycles. The van der Waals surface area contributed by atoms with Crippen LogP contribution in [0, 0.1) is 0 Å². The van der Waals surface area contributed by atoms with Crippen molar-refractivity contribution in [3.05, 3.63) is 26.7 Å². The second kappa shape index (κ2) is 2.84. The molecule has 2 heterocycles. The summed E-state index contributed by atoms with van der Waals surface area (Å²) in [6.45, 7) is 0. The molecule has 2 aromatic rings. The van der Waals surface area contributed by atoms with Crippen molar-refractivity contribution in [2.45, 2.75) is 0 Å². The molecule has 0 bridgehead atoms. The summed E-state index contributed by atoms with van der Waals surface area (Å²) in [4.78, 5) is 4.16. The van der Waals surface area contributed by atoms with Gasteiger partial charge in [0.15, 0.2) is 0 Å². The van der Waals surface area contributed by atoms with Crippen LogP contribution in [-0.4, -0.2) is 4.98 Å². The van der Waals surface area contributed by atoms with E-state index in [1.807, 2.05) is 0 Å². The Kier molecular flexibility index (Phi) is 1.99. The van der Waals surface area contributed by atoms with E-state index in [9.17, 15) is 0 Å². The van der Waals surface area contributed by atoms with Crippen molar-refractivity contribution >= 4 is 53.3 Å². The molecule has 2 rings (SSSR count). The van der Waals surface area contributed by atoms with E-state index in [2.05, 4.69) is 48.3 Å². The van der Waals surface area contributed by atoms with Crippen LogP contribution in [0.3, 0.4) is 0 Å². The van der Waals surface area contributed by atoms with Crippen LogP contribution in [0.25, 0.3) is 10.1 Å². The average molecular weight is 293 g/mol. The second-order valence-corrected chi connectivity index (χ2v) is 4.58. The molecular weight excluding hydrogens is 290 g/mol. The lowest BCUT2D eigenvalue weighted by Crippen LogP contribution is -1.74. The van der Waals surface area contributed by atoms with Crippen LogP contribution in [0.4, 0.5) is 0 Å². The number of hydrogen-bond acceptors (Lipinski definition) is 2. The smallest absolute Gasteiger partial charge is 0.123 e. The van der Waals surface area contributed by atoms with Crippen LogP contribution >= 0.6 is 43.2 Å². The zero-order valence-corrected chi connectivity index (χ0v) is 9.33. The van der Waals surface area contributed by atoms with Gasteiger partial charge in [0.2, 0.25) is 0 Å². The van der Waals surface area contributed by atoms with Crippen molar-refractivity contribution in [3.63, 3.8) is 0 Å². The van der Waals surface area contributed by atoms with E-state index >= 15 is 0 Å². The van der Waals surface area contributed by atoms with Gasteiger partial charge in [-0.05, 0) is 43.3 Å². The van der Waals surface area contributed by atoms with Gasteiger partial charge in [0.05, 0.1) is 4.70 Å². The summed E-state index contributed by atoms with van der Waals surface area (Å²) < 4.78 is 3.17. The Balaban J connectivity index is 2.96. The van der Waals surface area contributed by atoms with Gasteiger partial charge in [0.1, 0.15) is 4.60 Å². The first kappa shape index (κ1) is 7.71. The summed E-state index contributed by atoms with van der Waals surface area (Å²) in [5.74, 6) is 0. The molecule has 0 aromatic carbocycles. The number of rotatable bonds is 0. The fraction of sp³-hybridized carbons (Fsp3) is 0. The molecule has 0 atom stereocenters. The van der Waals surface area contributed by atoms with Gasteiger partial charge >= 0.3 is 0 Å². The number of pyridine rings is 1. The minimum atomic E-state index is 0.922. The van der Waals surface area contributed by atoms with Crippen LogP contribution < -0.4 is 0 Å². The highest BCUT2D eigenvalue weighted by molar-refractivity contribution is 9.11. The topological polar surface area (TPSA) is 12.9 Å². The lowest BCUT2D eigenvalue weighted by Gasteiger charge is -1.94. The van der Waals surface area contributed by atoms with Gasteiger partial charge in [0.25, 0.3) is 0 Å². The summed E-state index contributed by atoms with van der Waals surface area (Å²) in [6.07, 6.45) is 1.80. The van der Waals surface area contributed by atoms with Crippen molar-refractivity contribution in [2.24, 2.45) is 0 Å². The summed E-state index contributed by atoms with van der Waals surface area (Å²) in [7, 11) is 0. The predicted molar refractivity (Wildman–Crippen MR) is 55.0 cm³/mol. The fourth-order valence-corrected chi connectivity index (χ4v) is 2.85. The number of fused-ring (bicyclic) bond motifs is 1. The zero-order valence-electron chi connectivity index (χ0n) is 5.34. The van der Waals surface area contributed by atoms with Crippen molar-refractivity contribution in [2.75, 3.05) is 0 Å². The van der Waals surface area contributed by atoms with E-state index in [0.29, 0.717) is 0 Å². The molecule has 0 aliphatic rings. The Morgan fingerprint density at radius 3 is 2.91 bits per heavy atom. The second-order valence-electron chi connectivity index (χ2n) is 2.06. The van der Waals surface area contributed by atoms with E-state index in [-0.39, 0.29) is 0 Å². The highest BCUT2D eigenvalue weighted by Crippen LogP contribution is 2.31. The molecule has 2 aromatic heterocycles. The van der Waals surface area contributed by atoms with Gasteiger partial charge in [-0.1, -0.05) is 0 Å². The largest absolute Gasteiger partial charge is 0.247 e. The summed E-state index contributed by atoms with van der Waals surface area (Å²) >= 11 is 8.51. The summed E-state index contributed by atoms with van der Waals surface area (Å²) in [5.41, 5.74) is 0. The molecule has 0 N–H and O–H groups in total. The lowest BCUT2D eigenvalue weighted by molar-refractivity contribution is 1.31. The number of hydrogen-bond donors (Lipinski definition) is 0. The molecular formula is C7H3Br2NS. The molecule has 1 nitrogen and oxygen atoms in total. The van der Waals surface area contributed by atoms with Crippen molar-refractivity contribution < 1.29 is 0 Å². The summed E-state index contributed by atoms with van der Waals surface area (Å²) in [6, 6.07) is 2.08. The fourth-order valence-electron chi connectivity index (χ4n) is 0.899. The van der Waals surface area contributed by atoms with E-state index in [4.69, 9.17) is 0 Å². The third-order valence-corrected chi connectivity index (χ3v) is 3.82. The van der Waals surface area contributed by atoms with Gasteiger partial charge in [-0.2, -0.15) is 0 Å². The van der Waals surface area contributed by atoms with Gasteiger partial charge in [-0.15, -0.1) is 11.3 Å². The molecule has 0 radical (unpaired) electrons. The molecule has 0 amide bonds. The molecule has 11 heavy (non-hydrogen) atoms. The normalized spacial score (nSPS) is 10.7. The highest BCUT2D eigenvalue weighted by Gasteiger charge is 2.03. The maximum absolute atomic E-state index is 4.16. The molecule has 0 spiro atoms. The first-order chi connectivity index (χ1) is 5.29. The number of aromatic nitrogens is 1. The van der Waals surface area contributed by atoms with Crippen molar-refractivity contribution in [3.8, 4) is 0 Å². The zero-order chi connectivity index (χ0) is 7.84. The number of halogens is 2. The Morgan fingerprint density at radius 2 is 2.18 bits per heavy atom.